The van der Waals surface area contributed by atoms with Gasteiger partial charge in [0.05, 0.1) is 10.8 Å². The summed E-state index contributed by atoms with van der Waals surface area (Å²) in [5, 5.41) is 1.65. The summed E-state index contributed by atoms with van der Waals surface area (Å²) in [6.07, 6.45) is 0. The molecule has 5 aromatic rings. The molecule has 0 bridgehead atoms. The maximum Gasteiger partial charge on any atom is 0.203 e. The molecule has 0 N–H and O–H groups in total. The topological polar surface area (TPSA) is 17.1 Å². The third-order valence-electron chi connectivity index (χ3n) is 4.90. The Hall–Kier alpha value is -3.22. The Morgan fingerprint density at radius 1 is 0.500 bits per heavy atom. The van der Waals surface area contributed by atoms with Crippen LogP contribution >= 0.6 is 18.3 Å². The van der Waals surface area contributed by atoms with Crippen molar-refractivity contribution in [2.45, 2.75) is 0 Å². The summed E-state index contributed by atoms with van der Waals surface area (Å²) in [4.78, 5) is 14.2. The van der Waals surface area contributed by atoms with Gasteiger partial charge in [0, 0.05) is 10.5 Å². The van der Waals surface area contributed by atoms with Gasteiger partial charge in [-0.2, -0.15) is 0 Å². The first-order valence-electron chi connectivity index (χ1n) is 9.97. The molecule has 0 aliphatic carbocycles. The molecule has 0 spiro atoms. The van der Waals surface area contributed by atoms with Gasteiger partial charge in [0.15, 0.2) is 14.3 Å². The van der Waals surface area contributed by atoms with Crippen LogP contribution in [0.25, 0.3) is 36.2 Å². The van der Waals surface area contributed by atoms with Crippen LogP contribution in [0.1, 0.15) is 0 Å². The van der Waals surface area contributed by atoms with E-state index in [1.807, 2.05) is 42.5 Å². The van der Waals surface area contributed by atoms with Crippen molar-refractivity contribution in [1.29, 1.82) is 0 Å². The minimum atomic E-state index is -10.7. The van der Waals surface area contributed by atoms with E-state index in [1.165, 1.54) is 16.0 Å². The van der Waals surface area contributed by atoms with E-state index >= 15 is 0 Å². The molecule has 4 aromatic carbocycles. The summed E-state index contributed by atoms with van der Waals surface area (Å²) in [5.41, 5.74) is 2.55. The molecule has 0 fully saturated rings. The van der Waals surface area contributed by atoms with E-state index < -0.39 is 7.81 Å². The normalized spacial score (nSPS) is 13.6. The summed E-state index contributed by atoms with van der Waals surface area (Å²) in [6, 6.07) is 35.2. The van der Waals surface area contributed by atoms with Crippen molar-refractivity contribution in [3.8, 4) is 16.0 Å². The number of rotatable bonds is 2. The van der Waals surface area contributed by atoms with E-state index in [4.69, 9.17) is 0 Å². The number of benzene rings is 4. The van der Waals surface area contributed by atoms with Crippen LogP contribution < -0.4 is 5.43 Å². The fraction of sp³-hybridized carbons (Fsp3) is 0. The minimum absolute atomic E-state index is 0.130. The van der Waals surface area contributed by atoms with E-state index in [0.29, 0.717) is 0 Å². The van der Waals surface area contributed by atoms with E-state index in [-0.39, 0.29) is 15.9 Å². The molecular formula is C25H17F6OPS. The van der Waals surface area contributed by atoms with Crippen LogP contribution in [-0.4, -0.2) is 0 Å². The molecule has 1 aromatic heterocycles. The van der Waals surface area contributed by atoms with Gasteiger partial charge >= 0.3 is 33.0 Å². The third kappa shape index (κ3) is 6.01. The van der Waals surface area contributed by atoms with Gasteiger partial charge < -0.3 is 0 Å². The first-order valence-corrected chi connectivity index (χ1v) is 13.2. The van der Waals surface area contributed by atoms with E-state index in [9.17, 15) is 30.0 Å². The van der Waals surface area contributed by atoms with Crippen LogP contribution in [0.5, 0.6) is 0 Å². The SMILES string of the molecule is F[P-](F)(F)(F)(F)F.O=c1c2ccccc2[s+](-c2ccc(-c3ccccc3)cc2)c2ccccc12. The van der Waals surface area contributed by atoms with Gasteiger partial charge in [-0.15, -0.1) is 0 Å². The van der Waals surface area contributed by atoms with Crippen molar-refractivity contribution in [1.82, 2.24) is 0 Å². The van der Waals surface area contributed by atoms with E-state index in [1.54, 1.807) is 0 Å². The van der Waals surface area contributed by atoms with Gasteiger partial charge in [0.1, 0.15) is 0 Å². The van der Waals surface area contributed by atoms with Gasteiger partial charge in [-0.3, -0.25) is 4.79 Å². The number of hydrogen-bond acceptors (Lipinski definition) is 1. The first-order chi connectivity index (χ1) is 15.8. The molecule has 34 heavy (non-hydrogen) atoms. The molecule has 0 radical (unpaired) electrons. The molecule has 0 amide bonds. The molecule has 0 aliphatic heterocycles. The first kappa shape index (κ1) is 23.9. The van der Waals surface area contributed by atoms with Crippen molar-refractivity contribution in [3.05, 3.63) is 113 Å². The molecule has 9 heteroatoms. The molecule has 0 saturated carbocycles. The summed E-state index contributed by atoms with van der Waals surface area (Å²) >= 11 is 0. The maximum atomic E-state index is 12.9. The van der Waals surface area contributed by atoms with Gasteiger partial charge in [-0.05, 0) is 59.7 Å². The monoisotopic (exact) mass is 510 g/mol. The average molecular weight is 510 g/mol. The van der Waals surface area contributed by atoms with Crippen molar-refractivity contribution in [2.24, 2.45) is 0 Å². The van der Waals surface area contributed by atoms with Crippen LogP contribution in [0.15, 0.2) is 108 Å². The van der Waals surface area contributed by atoms with Crippen LogP contribution in [0.2, 0.25) is 0 Å². The van der Waals surface area contributed by atoms with Gasteiger partial charge in [-0.1, -0.05) is 54.6 Å². The average Bonchev–Trinajstić information content (AvgIpc) is 2.78. The molecular weight excluding hydrogens is 493 g/mol. The van der Waals surface area contributed by atoms with Gasteiger partial charge in [0.25, 0.3) is 0 Å². The van der Waals surface area contributed by atoms with Crippen LogP contribution in [-0.2, 0) is 0 Å². The van der Waals surface area contributed by atoms with Crippen molar-refractivity contribution in [3.63, 3.8) is 0 Å². The Morgan fingerprint density at radius 2 is 0.882 bits per heavy atom. The zero-order chi connectivity index (χ0) is 24.6. The molecule has 1 heterocycles. The largest absolute Gasteiger partial charge is 0.288 e. The van der Waals surface area contributed by atoms with Crippen LogP contribution in [0, 0.1) is 0 Å². The van der Waals surface area contributed by atoms with Crippen LogP contribution in [0.4, 0.5) is 25.2 Å². The Labute approximate surface area is 193 Å². The Kier molecular flexibility index (Phi) is 5.58. The third-order valence-corrected chi connectivity index (χ3v) is 7.24. The molecule has 0 unspecified atom stereocenters. The molecule has 5 rings (SSSR count). The Bertz CT molecular complexity index is 1470. The fourth-order valence-corrected chi connectivity index (χ4v) is 5.94. The second-order valence-corrected chi connectivity index (χ2v) is 11.4. The molecule has 0 aliphatic rings. The van der Waals surface area contributed by atoms with Gasteiger partial charge in [-0.25, -0.2) is 0 Å². The van der Waals surface area contributed by atoms with Crippen molar-refractivity contribution < 1.29 is 25.2 Å². The smallest absolute Gasteiger partial charge is 0.203 e. The fourth-order valence-electron chi connectivity index (χ4n) is 3.60. The van der Waals surface area contributed by atoms with Crippen LogP contribution in [0.3, 0.4) is 0 Å². The summed E-state index contributed by atoms with van der Waals surface area (Å²) in [7, 11) is -10.9. The Morgan fingerprint density at radius 3 is 1.35 bits per heavy atom. The molecule has 0 saturated heterocycles. The molecule has 176 valence electrons. The van der Waals surface area contributed by atoms with E-state index in [2.05, 4.69) is 60.7 Å². The summed E-state index contributed by atoms with van der Waals surface area (Å²) in [5.74, 6) is 0. The predicted octanol–water partition coefficient (Wildman–Crippen LogP) is 10.1. The predicted molar refractivity (Wildman–Crippen MR) is 131 cm³/mol. The minimum Gasteiger partial charge on any atom is -0.288 e. The van der Waals surface area contributed by atoms with Crippen molar-refractivity contribution >= 4 is 38.5 Å². The maximum absolute atomic E-state index is 12.9. The number of halogens is 6. The summed E-state index contributed by atoms with van der Waals surface area (Å²) in [6.45, 7) is 0. The zero-order valence-electron chi connectivity index (χ0n) is 17.3. The second kappa shape index (κ2) is 7.93. The quantitative estimate of drug-likeness (QED) is 0.0999. The van der Waals surface area contributed by atoms with E-state index in [0.717, 1.165) is 20.2 Å². The number of fused-ring (bicyclic) bond motifs is 2. The number of hydrogen-bond donors (Lipinski definition) is 0. The van der Waals surface area contributed by atoms with Crippen molar-refractivity contribution in [2.75, 3.05) is 0 Å². The standard InChI is InChI=1S/C25H17OS.F6P/c26-25-21-10-4-6-12-23(21)27(24-13-7-5-11-22(24)25)20-16-14-19(15-17-20)18-8-2-1-3-9-18;1-7(2,3,4,5)6/h1-17H;/q+1;-1. The van der Waals surface area contributed by atoms with Gasteiger partial charge in [0.2, 0.25) is 5.43 Å². The Balaban J connectivity index is 0.000000344. The summed E-state index contributed by atoms with van der Waals surface area (Å²) < 4.78 is 61.4. The molecule has 0 atom stereocenters. The molecule has 1 nitrogen and oxygen atoms in total. The zero-order valence-corrected chi connectivity index (χ0v) is 19.1. The second-order valence-electron chi connectivity index (χ2n) is 7.48.